The first-order chi connectivity index (χ1) is 11.6. The summed E-state index contributed by atoms with van der Waals surface area (Å²) in [5.74, 6) is 1.14. The number of rotatable bonds is 4. The molecule has 1 aromatic heterocycles. The summed E-state index contributed by atoms with van der Waals surface area (Å²) in [7, 11) is 0. The van der Waals surface area contributed by atoms with E-state index in [-0.39, 0.29) is 5.91 Å². The fraction of sp³-hybridized carbons (Fsp3) is 0.389. The van der Waals surface area contributed by atoms with E-state index in [9.17, 15) is 4.79 Å². The summed E-state index contributed by atoms with van der Waals surface area (Å²) in [5, 5.41) is 3.88. The van der Waals surface area contributed by atoms with Gasteiger partial charge in [0.2, 0.25) is 0 Å². The minimum Gasteiger partial charge on any atom is -0.365 e. The average molecular weight is 345 g/mol. The Hall–Kier alpha value is -2.14. The molecule has 0 bridgehead atoms. The van der Waals surface area contributed by atoms with Gasteiger partial charge in [-0.3, -0.25) is 4.79 Å². The van der Waals surface area contributed by atoms with Crippen LogP contribution in [0.2, 0.25) is 5.02 Å². The molecule has 1 fully saturated rings. The number of hydrogen-bond donors (Lipinski definition) is 1. The number of carbonyl (C=O) groups is 1. The molecule has 1 aliphatic heterocycles. The molecule has 1 amide bonds. The molecule has 6 heteroatoms. The van der Waals surface area contributed by atoms with Gasteiger partial charge in [0.1, 0.15) is 11.5 Å². The molecule has 2 aromatic rings. The number of amides is 1. The van der Waals surface area contributed by atoms with Crippen LogP contribution in [0.1, 0.15) is 35.8 Å². The zero-order valence-corrected chi connectivity index (χ0v) is 14.5. The van der Waals surface area contributed by atoms with Gasteiger partial charge < -0.3 is 10.2 Å². The highest BCUT2D eigenvalue weighted by molar-refractivity contribution is 6.31. The van der Waals surface area contributed by atoms with Gasteiger partial charge in [0.05, 0.1) is 12.4 Å². The maximum absolute atomic E-state index is 12.5. The van der Waals surface area contributed by atoms with Crippen molar-refractivity contribution in [3.05, 3.63) is 52.9 Å². The van der Waals surface area contributed by atoms with Gasteiger partial charge in [0.15, 0.2) is 0 Å². The van der Waals surface area contributed by atoms with Crippen LogP contribution in [0.3, 0.4) is 0 Å². The molecule has 126 valence electrons. The van der Waals surface area contributed by atoms with Crippen molar-refractivity contribution in [3.8, 4) is 0 Å². The fourth-order valence-electron chi connectivity index (χ4n) is 2.89. The summed E-state index contributed by atoms with van der Waals surface area (Å²) in [5.41, 5.74) is 1.39. The van der Waals surface area contributed by atoms with Crippen molar-refractivity contribution >= 4 is 23.3 Å². The van der Waals surface area contributed by atoms with Crippen LogP contribution in [-0.2, 0) is 6.54 Å². The third-order valence-corrected chi connectivity index (χ3v) is 4.60. The van der Waals surface area contributed by atoms with E-state index in [2.05, 4.69) is 22.2 Å². The van der Waals surface area contributed by atoms with E-state index in [1.54, 1.807) is 6.20 Å². The number of aromatic nitrogens is 2. The Kier molecular flexibility index (Phi) is 5.30. The van der Waals surface area contributed by atoms with Crippen LogP contribution < -0.4 is 5.32 Å². The maximum atomic E-state index is 12.5. The van der Waals surface area contributed by atoms with Crippen molar-refractivity contribution in [2.24, 2.45) is 5.92 Å². The molecule has 1 aromatic carbocycles. The molecule has 2 heterocycles. The fourth-order valence-corrected chi connectivity index (χ4v) is 3.10. The molecule has 0 radical (unpaired) electrons. The molecular formula is C18H21ClN4O. The Bertz CT molecular complexity index is 704. The van der Waals surface area contributed by atoms with Gasteiger partial charge >= 0.3 is 0 Å². The largest absolute Gasteiger partial charge is 0.365 e. The maximum Gasteiger partial charge on any atom is 0.274 e. The zero-order valence-electron chi connectivity index (χ0n) is 13.7. The number of halogens is 1. The van der Waals surface area contributed by atoms with E-state index >= 15 is 0 Å². The second-order valence-corrected chi connectivity index (χ2v) is 6.64. The first-order valence-electron chi connectivity index (χ1n) is 8.22. The third kappa shape index (κ3) is 4.03. The van der Waals surface area contributed by atoms with Crippen molar-refractivity contribution in [1.82, 2.24) is 14.9 Å². The number of piperidine rings is 1. The van der Waals surface area contributed by atoms with Crippen LogP contribution in [0, 0.1) is 5.92 Å². The molecule has 0 saturated carbocycles. The van der Waals surface area contributed by atoms with Crippen molar-refractivity contribution < 1.29 is 4.79 Å². The number of likely N-dealkylation sites (tertiary alicyclic amines) is 1. The Morgan fingerprint density at radius 3 is 2.88 bits per heavy atom. The number of carbonyl (C=O) groups excluding carboxylic acids is 1. The van der Waals surface area contributed by atoms with Crippen LogP contribution in [-0.4, -0.2) is 33.9 Å². The van der Waals surface area contributed by atoms with Crippen molar-refractivity contribution in [3.63, 3.8) is 0 Å². The van der Waals surface area contributed by atoms with E-state index in [1.807, 2.05) is 29.2 Å². The second kappa shape index (κ2) is 7.62. The van der Waals surface area contributed by atoms with Gasteiger partial charge in [-0.05, 0) is 30.4 Å². The number of nitrogens with zero attached hydrogens (tertiary/aromatic N) is 3. The van der Waals surface area contributed by atoms with Gasteiger partial charge in [-0.2, -0.15) is 0 Å². The summed E-state index contributed by atoms with van der Waals surface area (Å²) in [4.78, 5) is 22.9. The first-order valence-corrected chi connectivity index (χ1v) is 8.60. The molecule has 5 nitrogen and oxygen atoms in total. The molecule has 1 aliphatic rings. The standard InChI is InChI=1S/C18H21ClN4O/c1-13-5-4-8-23(12-13)18(24)16-10-22-17(11-20-16)21-9-14-6-2-3-7-15(14)19/h2-3,6-7,10-11,13H,4-5,8-9,12H2,1H3,(H,21,22). The van der Waals surface area contributed by atoms with E-state index in [0.717, 1.165) is 25.1 Å². The SMILES string of the molecule is CC1CCCN(C(=O)c2cnc(NCc3ccccc3Cl)cn2)C1. The predicted octanol–water partition coefficient (Wildman–Crippen LogP) is 3.61. The third-order valence-electron chi connectivity index (χ3n) is 4.23. The molecule has 1 unspecified atom stereocenters. The van der Waals surface area contributed by atoms with Gasteiger partial charge in [-0.15, -0.1) is 0 Å². The van der Waals surface area contributed by atoms with Gasteiger partial charge in [-0.1, -0.05) is 36.7 Å². The van der Waals surface area contributed by atoms with E-state index in [4.69, 9.17) is 11.6 Å². The number of hydrogen-bond acceptors (Lipinski definition) is 4. The second-order valence-electron chi connectivity index (χ2n) is 6.23. The number of benzene rings is 1. The minimum atomic E-state index is -0.0355. The van der Waals surface area contributed by atoms with E-state index in [1.165, 1.54) is 12.6 Å². The molecule has 24 heavy (non-hydrogen) atoms. The summed E-state index contributed by atoms with van der Waals surface area (Å²) in [6, 6.07) is 7.65. The van der Waals surface area contributed by atoms with Crippen molar-refractivity contribution in [2.75, 3.05) is 18.4 Å². The zero-order chi connectivity index (χ0) is 16.9. The minimum absolute atomic E-state index is 0.0355. The molecule has 0 aliphatic carbocycles. The molecule has 1 saturated heterocycles. The Morgan fingerprint density at radius 1 is 1.33 bits per heavy atom. The number of nitrogens with one attached hydrogen (secondary N) is 1. The van der Waals surface area contributed by atoms with E-state index in [0.29, 0.717) is 29.0 Å². The molecule has 1 N–H and O–H groups in total. The molecule has 3 rings (SSSR count). The van der Waals surface area contributed by atoms with Gasteiger partial charge in [0.25, 0.3) is 5.91 Å². The monoisotopic (exact) mass is 344 g/mol. The Balaban J connectivity index is 1.61. The highest BCUT2D eigenvalue weighted by Crippen LogP contribution is 2.18. The lowest BCUT2D eigenvalue weighted by Crippen LogP contribution is -2.39. The van der Waals surface area contributed by atoms with Gasteiger partial charge in [0, 0.05) is 24.7 Å². The highest BCUT2D eigenvalue weighted by atomic mass is 35.5. The van der Waals surface area contributed by atoms with Gasteiger partial charge in [-0.25, -0.2) is 9.97 Å². The van der Waals surface area contributed by atoms with Crippen LogP contribution in [0.15, 0.2) is 36.7 Å². The predicted molar refractivity (Wildman–Crippen MR) is 95.1 cm³/mol. The van der Waals surface area contributed by atoms with Crippen LogP contribution >= 0.6 is 11.6 Å². The molecular weight excluding hydrogens is 324 g/mol. The quantitative estimate of drug-likeness (QED) is 0.920. The average Bonchev–Trinajstić information content (AvgIpc) is 2.61. The summed E-state index contributed by atoms with van der Waals surface area (Å²) in [6.07, 6.45) is 5.37. The number of anilines is 1. The van der Waals surface area contributed by atoms with Crippen LogP contribution in [0.25, 0.3) is 0 Å². The Labute approximate surface area is 147 Å². The van der Waals surface area contributed by atoms with Crippen LogP contribution in [0.4, 0.5) is 5.82 Å². The van der Waals surface area contributed by atoms with Crippen molar-refractivity contribution in [1.29, 1.82) is 0 Å². The lowest BCUT2D eigenvalue weighted by Gasteiger charge is -2.30. The summed E-state index contributed by atoms with van der Waals surface area (Å²) >= 11 is 6.13. The lowest BCUT2D eigenvalue weighted by atomic mass is 10.0. The lowest BCUT2D eigenvalue weighted by molar-refractivity contribution is 0.0676. The molecule has 1 atom stereocenters. The smallest absolute Gasteiger partial charge is 0.274 e. The summed E-state index contributed by atoms with van der Waals surface area (Å²) in [6.45, 7) is 4.34. The normalized spacial score (nSPS) is 17.6. The van der Waals surface area contributed by atoms with Crippen molar-refractivity contribution in [2.45, 2.75) is 26.3 Å². The summed E-state index contributed by atoms with van der Waals surface area (Å²) < 4.78 is 0. The van der Waals surface area contributed by atoms with Crippen LogP contribution in [0.5, 0.6) is 0 Å². The highest BCUT2D eigenvalue weighted by Gasteiger charge is 2.23. The Morgan fingerprint density at radius 2 is 2.17 bits per heavy atom. The first kappa shape index (κ1) is 16.7. The molecule has 0 spiro atoms. The topological polar surface area (TPSA) is 58.1 Å². The van der Waals surface area contributed by atoms with E-state index < -0.39 is 0 Å².